The second-order valence-corrected chi connectivity index (χ2v) is 5.64. The molecule has 102 valence electrons. The van der Waals surface area contributed by atoms with Crippen molar-refractivity contribution in [1.82, 2.24) is 4.90 Å². The molecular weight excluding hydrogens is 226 g/mol. The van der Waals surface area contributed by atoms with Crippen molar-refractivity contribution in [3.8, 4) is 0 Å². The number of carbonyl (C=O) groups is 1. The van der Waals surface area contributed by atoms with E-state index < -0.39 is 6.23 Å². The van der Waals surface area contributed by atoms with Gasteiger partial charge in [-0.25, -0.2) is 0 Å². The second kappa shape index (κ2) is 5.87. The number of amides is 1. The third-order valence-electron chi connectivity index (χ3n) is 4.28. The minimum Gasteiger partial charge on any atom is -0.369 e. The number of aliphatic hydroxyl groups is 1. The smallest absolute Gasteiger partial charge is 0.252 e. The molecule has 0 saturated heterocycles. The Hall–Kier alpha value is -0.830. The van der Waals surface area contributed by atoms with E-state index in [9.17, 15) is 9.90 Å². The average molecular weight is 251 g/mol. The number of aliphatic hydroxyl groups excluding tert-OH is 1. The van der Waals surface area contributed by atoms with E-state index in [1.165, 1.54) is 12.8 Å². The third kappa shape index (κ3) is 2.46. The summed E-state index contributed by atoms with van der Waals surface area (Å²) in [4.78, 5) is 14.0. The van der Waals surface area contributed by atoms with Gasteiger partial charge in [-0.05, 0) is 44.6 Å². The summed E-state index contributed by atoms with van der Waals surface area (Å²) in [6, 6.07) is 0.157. The van der Waals surface area contributed by atoms with Crippen molar-refractivity contribution in [2.75, 3.05) is 0 Å². The molecule has 0 spiro atoms. The van der Waals surface area contributed by atoms with Crippen LogP contribution in [0.2, 0.25) is 0 Å². The molecule has 1 aliphatic heterocycles. The molecule has 2 atom stereocenters. The minimum atomic E-state index is -0.635. The maximum atomic E-state index is 12.3. The molecule has 18 heavy (non-hydrogen) atoms. The fraction of sp³-hybridized carbons (Fsp3) is 0.800. The van der Waals surface area contributed by atoms with Gasteiger partial charge in [-0.1, -0.05) is 26.2 Å². The molecule has 1 heterocycles. The molecule has 2 aliphatic rings. The van der Waals surface area contributed by atoms with Crippen LogP contribution in [-0.2, 0) is 4.79 Å². The standard InChI is InChI=1S/C15H25NO2/c1-3-4-5-8-11(2)16-14(17)12-9-6-7-10-13(12)15(16)18/h11,14,17H,3-10H2,1-2H3. The van der Waals surface area contributed by atoms with Gasteiger partial charge in [0.2, 0.25) is 0 Å². The van der Waals surface area contributed by atoms with Crippen molar-refractivity contribution in [1.29, 1.82) is 0 Å². The summed E-state index contributed by atoms with van der Waals surface area (Å²) in [5.41, 5.74) is 1.92. The summed E-state index contributed by atoms with van der Waals surface area (Å²) in [6.07, 6.45) is 7.87. The largest absolute Gasteiger partial charge is 0.369 e. The highest BCUT2D eigenvalue weighted by molar-refractivity contribution is 5.97. The molecule has 2 unspecified atom stereocenters. The van der Waals surface area contributed by atoms with Gasteiger partial charge in [0.25, 0.3) is 5.91 Å². The van der Waals surface area contributed by atoms with Gasteiger partial charge < -0.3 is 10.0 Å². The highest BCUT2D eigenvalue weighted by Crippen LogP contribution is 2.36. The van der Waals surface area contributed by atoms with Gasteiger partial charge in [0.15, 0.2) is 6.23 Å². The van der Waals surface area contributed by atoms with Gasteiger partial charge in [0.1, 0.15) is 0 Å². The summed E-state index contributed by atoms with van der Waals surface area (Å²) in [7, 11) is 0. The Balaban J connectivity index is 2.01. The van der Waals surface area contributed by atoms with E-state index in [1.54, 1.807) is 4.90 Å². The molecular formula is C15H25NO2. The van der Waals surface area contributed by atoms with Gasteiger partial charge in [-0.2, -0.15) is 0 Å². The molecule has 1 amide bonds. The lowest BCUT2D eigenvalue weighted by Crippen LogP contribution is -2.42. The number of rotatable bonds is 5. The van der Waals surface area contributed by atoms with Crippen molar-refractivity contribution in [3.63, 3.8) is 0 Å². The van der Waals surface area contributed by atoms with Crippen LogP contribution in [0.4, 0.5) is 0 Å². The van der Waals surface area contributed by atoms with Crippen molar-refractivity contribution < 1.29 is 9.90 Å². The van der Waals surface area contributed by atoms with Crippen LogP contribution in [0.5, 0.6) is 0 Å². The first-order valence-corrected chi connectivity index (χ1v) is 7.39. The number of carbonyl (C=O) groups excluding carboxylic acids is 1. The monoisotopic (exact) mass is 251 g/mol. The molecule has 0 saturated carbocycles. The normalized spacial score (nSPS) is 25.6. The van der Waals surface area contributed by atoms with Crippen molar-refractivity contribution in [2.24, 2.45) is 0 Å². The van der Waals surface area contributed by atoms with E-state index in [-0.39, 0.29) is 11.9 Å². The highest BCUT2D eigenvalue weighted by atomic mass is 16.3. The summed E-state index contributed by atoms with van der Waals surface area (Å²) in [6.45, 7) is 4.25. The SMILES string of the molecule is CCCCCC(C)N1C(=O)C2=C(CCCC2)C1O. The van der Waals surface area contributed by atoms with Crippen LogP contribution in [0.1, 0.15) is 65.2 Å². The van der Waals surface area contributed by atoms with Crippen LogP contribution in [0, 0.1) is 0 Å². The first-order chi connectivity index (χ1) is 8.66. The van der Waals surface area contributed by atoms with E-state index in [1.807, 2.05) is 0 Å². The topological polar surface area (TPSA) is 40.5 Å². The Morgan fingerprint density at radius 2 is 2.06 bits per heavy atom. The summed E-state index contributed by atoms with van der Waals surface area (Å²) < 4.78 is 0. The molecule has 0 radical (unpaired) electrons. The van der Waals surface area contributed by atoms with Gasteiger partial charge in [0.05, 0.1) is 0 Å². The molecule has 0 fully saturated rings. The molecule has 0 aromatic heterocycles. The lowest BCUT2D eigenvalue weighted by molar-refractivity contribution is -0.135. The molecule has 3 nitrogen and oxygen atoms in total. The van der Waals surface area contributed by atoms with E-state index in [2.05, 4.69) is 13.8 Å². The van der Waals surface area contributed by atoms with E-state index >= 15 is 0 Å². The first-order valence-electron chi connectivity index (χ1n) is 7.39. The Morgan fingerprint density at radius 1 is 1.33 bits per heavy atom. The fourth-order valence-corrected chi connectivity index (χ4v) is 3.16. The van der Waals surface area contributed by atoms with Gasteiger partial charge in [0, 0.05) is 11.6 Å². The van der Waals surface area contributed by atoms with E-state index in [4.69, 9.17) is 0 Å². The summed E-state index contributed by atoms with van der Waals surface area (Å²) in [5.74, 6) is 0.0983. The fourth-order valence-electron chi connectivity index (χ4n) is 3.16. The maximum absolute atomic E-state index is 12.3. The van der Waals surface area contributed by atoms with Gasteiger partial charge >= 0.3 is 0 Å². The Morgan fingerprint density at radius 3 is 2.72 bits per heavy atom. The van der Waals surface area contributed by atoms with Crippen LogP contribution < -0.4 is 0 Å². The molecule has 0 aromatic rings. The molecule has 2 rings (SSSR count). The molecule has 3 heteroatoms. The quantitative estimate of drug-likeness (QED) is 0.763. The number of unbranched alkanes of at least 4 members (excludes halogenated alkanes) is 2. The maximum Gasteiger partial charge on any atom is 0.252 e. The number of nitrogens with zero attached hydrogens (tertiary/aromatic N) is 1. The first kappa shape index (κ1) is 13.6. The zero-order valence-corrected chi connectivity index (χ0v) is 11.6. The average Bonchev–Trinajstić information content (AvgIpc) is 2.63. The van der Waals surface area contributed by atoms with Crippen molar-refractivity contribution in [2.45, 2.75) is 77.5 Å². The molecule has 1 N–H and O–H groups in total. The van der Waals surface area contributed by atoms with Crippen LogP contribution in [0.25, 0.3) is 0 Å². The Labute approximate surface area is 110 Å². The van der Waals surface area contributed by atoms with Crippen LogP contribution in [0.15, 0.2) is 11.1 Å². The number of hydrogen-bond donors (Lipinski definition) is 1. The minimum absolute atomic E-state index is 0.0983. The third-order valence-corrected chi connectivity index (χ3v) is 4.28. The van der Waals surface area contributed by atoms with Gasteiger partial charge in [-0.3, -0.25) is 4.79 Å². The Bertz CT molecular complexity index is 348. The zero-order valence-electron chi connectivity index (χ0n) is 11.6. The Kier molecular flexibility index (Phi) is 4.44. The zero-order chi connectivity index (χ0) is 13.1. The predicted octanol–water partition coefficient (Wildman–Crippen LogP) is 2.99. The van der Waals surface area contributed by atoms with Crippen molar-refractivity contribution >= 4 is 5.91 Å². The molecule has 0 aromatic carbocycles. The van der Waals surface area contributed by atoms with E-state index in [0.717, 1.165) is 49.7 Å². The van der Waals surface area contributed by atoms with Crippen molar-refractivity contribution in [3.05, 3.63) is 11.1 Å². The summed E-state index contributed by atoms with van der Waals surface area (Å²) in [5, 5.41) is 10.3. The second-order valence-electron chi connectivity index (χ2n) is 5.64. The lowest BCUT2D eigenvalue weighted by atomic mass is 9.93. The molecule has 0 bridgehead atoms. The van der Waals surface area contributed by atoms with E-state index in [0.29, 0.717) is 0 Å². The highest BCUT2D eigenvalue weighted by Gasteiger charge is 2.40. The lowest BCUT2D eigenvalue weighted by Gasteiger charge is -2.29. The predicted molar refractivity (Wildman–Crippen MR) is 72.0 cm³/mol. The van der Waals surface area contributed by atoms with Crippen LogP contribution in [-0.4, -0.2) is 28.2 Å². The van der Waals surface area contributed by atoms with Crippen LogP contribution in [0.3, 0.4) is 0 Å². The molecule has 1 aliphatic carbocycles. The van der Waals surface area contributed by atoms with Gasteiger partial charge in [-0.15, -0.1) is 0 Å². The summed E-state index contributed by atoms with van der Waals surface area (Å²) >= 11 is 0. The van der Waals surface area contributed by atoms with Crippen LogP contribution >= 0.6 is 0 Å². The number of hydrogen-bond acceptors (Lipinski definition) is 2.